The molecule has 0 saturated heterocycles. The molecule has 0 atom stereocenters. The Kier molecular flexibility index (Phi) is 6.99. The molecule has 0 aromatic carbocycles. The Balaban J connectivity index is 3.38. The van der Waals surface area contributed by atoms with Crippen molar-refractivity contribution in [2.24, 2.45) is 0 Å². The fourth-order valence-electron chi connectivity index (χ4n) is 0.461. The zero-order valence-electron chi connectivity index (χ0n) is 6.30. The molecule has 66 valence electrons. The van der Waals surface area contributed by atoms with Crippen LogP contribution < -0.4 is 0 Å². The van der Waals surface area contributed by atoms with Crippen LogP contribution in [-0.2, 0) is 16.5 Å². The van der Waals surface area contributed by atoms with Crippen LogP contribution >= 0.6 is 27.2 Å². The molecule has 11 heavy (non-hydrogen) atoms. The molecule has 0 rings (SSSR count). The zero-order chi connectivity index (χ0) is 8.74. The van der Waals surface area contributed by atoms with Crippen LogP contribution in [0.25, 0.3) is 0 Å². The van der Waals surface area contributed by atoms with Gasteiger partial charge in [-0.25, -0.2) is 0 Å². The molecular weight excluding hydrogens is 222 g/mol. The lowest BCUT2D eigenvalue weighted by molar-refractivity contribution is 0.163. The Bertz CT molecular complexity index is 166. The maximum Gasteiger partial charge on any atom is 0.140 e. The number of halogens is 2. The van der Waals surface area contributed by atoms with Gasteiger partial charge in [-0.15, -0.1) is 0 Å². The summed E-state index contributed by atoms with van der Waals surface area (Å²) in [6.45, 7) is 3.36. The largest absolute Gasteiger partial charge is 0.377 e. The second kappa shape index (κ2) is 6.45. The van der Waals surface area contributed by atoms with Crippen molar-refractivity contribution in [1.82, 2.24) is 0 Å². The summed E-state index contributed by atoms with van der Waals surface area (Å²) in [5, 5.41) is 0. The first-order valence-corrected chi connectivity index (χ1v) is 7.99. The van der Waals surface area contributed by atoms with Crippen LogP contribution in [0.5, 0.6) is 0 Å². The van der Waals surface area contributed by atoms with E-state index in [4.69, 9.17) is 39.0 Å². The first-order valence-electron chi connectivity index (χ1n) is 3.30. The maximum atomic E-state index is 5.59. The Hall–Kier alpha value is 0.930. The molecule has 0 unspecified atom stereocenters. The lowest BCUT2D eigenvalue weighted by Crippen LogP contribution is -1.90. The van der Waals surface area contributed by atoms with E-state index in [0.29, 0.717) is 6.61 Å². The fourth-order valence-corrected chi connectivity index (χ4v) is 1.53. The highest BCUT2D eigenvalue weighted by Crippen LogP contribution is 2.58. The standard InChI is InChI=1S/C6H11Cl2OPS/c1-2-4-9-5-3-6-10(7,8)11/h3,6H,2,4-5H2,1H3/b6-3+. The molecule has 0 aliphatic carbocycles. The number of hydrogen-bond acceptors (Lipinski definition) is 2. The van der Waals surface area contributed by atoms with Gasteiger partial charge in [0.25, 0.3) is 0 Å². The molecule has 0 bridgehead atoms. The summed E-state index contributed by atoms with van der Waals surface area (Å²) in [5.41, 5.74) is 0. The van der Waals surface area contributed by atoms with Crippen LogP contribution in [0.4, 0.5) is 0 Å². The molecule has 0 saturated carbocycles. The fraction of sp³-hybridized carbons (Fsp3) is 0.667. The minimum Gasteiger partial charge on any atom is -0.377 e. The molecule has 0 fully saturated rings. The van der Waals surface area contributed by atoms with Crippen LogP contribution in [0.2, 0.25) is 0 Å². The molecule has 0 spiro atoms. The number of ether oxygens (including phenoxy) is 1. The predicted molar refractivity (Wildman–Crippen MR) is 56.2 cm³/mol. The van der Waals surface area contributed by atoms with Crippen LogP contribution in [0.15, 0.2) is 11.9 Å². The van der Waals surface area contributed by atoms with Crippen molar-refractivity contribution in [2.45, 2.75) is 13.3 Å². The van der Waals surface area contributed by atoms with Gasteiger partial charge in [0.15, 0.2) is 0 Å². The molecule has 0 aromatic rings. The van der Waals surface area contributed by atoms with E-state index in [0.717, 1.165) is 13.0 Å². The van der Waals surface area contributed by atoms with Gasteiger partial charge < -0.3 is 4.74 Å². The molecule has 0 radical (unpaired) electrons. The summed E-state index contributed by atoms with van der Waals surface area (Å²) in [6.07, 6.45) is 2.79. The molecule has 0 N–H and O–H groups in total. The Morgan fingerprint density at radius 1 is 1.55 bits per heavy atom. The molecule has 0 aliphatic rings. The monoisotopic (exact) mass is 232 g/mol. The van der Waals surface area contributed by atoms with Gasteiger partial charge >= 0.3 is 0 Å². The van der Waals surface area contributed by atoms with Gasteiger partial charge in [-0.05, 0) is 12.2 Å². The van der Waals surface area contributed by atoms with Crippen LogP contribution in [0.1, 0.15) is 13.3 Å². The summed E-state index contributed by atoms with van der Waals surface area (Å²) < 4.78 is 2.95. The van der Waals surface area contributed by atoms with Crippen molar-refractivity contribution < 1.29 is 4.74 Å². The van der Waals surface area contributed by atoms with Crippen LogP contribution in [0, 0.1) is 0 Å². The van der Waals surface area contributed by atoms with Crippen molar-refractivity contribution >= 4 is 39.0 Å². The summed E-state index contributed by atoms with van der Waals surface area (Å²) >= 11 is 16.0. The van der Waals surface area contributed by atoms with E-state index in [9.17, 15) is 0 Å². The highest BCUT2D eigenvalue weighted by atomic mass is 35.9. The van der Waals surface area contributed by atoms with E-state index in [-0.39, 0.29) is 0 Å². The van der Waals surface area contributed by atoms with E-state index in [1.54, 1.807) is 11.9 Å². The molecule has 0 amide bonds. The molecule has 0 aliphatic heterocycles. The normalized spacial score (nSPS) is 12.6. The van der Waals surface area contributed by atoms with Gasteiger partial charge in [0, 0.05) is 6.61 Å². The van der Waals surface area contributed by atoms with Crippen molar-refractivity contribution in [3.63, 3.8) is 0 Å². The van der Waals surface area contributed by atoms with Crippen LogP contribution in [0.3, 0.4) is 0 Å². The topological polar surface area (TPSA) is 9.23 Å². The van der Waals surface area contributed by atoms with E-state index in [1.807, 2.05) is 0 Å². The minimum atomic E-state index is -2.20. The second-order valence-electron chi connectivity index (χ2n) is 1.96. The van der Waals surface area contributed by atoms with E-state index in [1.165, 1.54) is 0 Å². The van der Waals surface area contributed by atoms with E-state index >= 15 is 0 Å². The smallest absolute Gasteiger partial charge is 0.140 e. The summed E-state index contributed by atoms with van der Waals surface area (Å²) in [5.74, 6) is 1.64. The molecular formula is C6H11Cl2OPS. The van der Waals surface area contributed by atoms with Crippen molar-refractivity contribution in [1.29, 1.82) is 0 Å². The summed E-state index contributed by atoms with van der Waals surface area (Å²) in [4.78, 5) is 0. The van der Waals surface area contributed by atoms with E-state index < -0.39 is 4.74 Å². The first-order chi connectivity index (χ1) is 5.06. The van der Waals surface area contributed by atoms with Gasteiger partial charge in [0.05, 0.1) is 6.61 Å². The lowest BCUT2D eigenvalue weighted by Gasteiger charge is -1.97. The SMILES string of the molecule is CCCOC/C=C/P(=S)(Cl)Cl. The predicted octanol–water partition coefficient (Wildman–Crippen LogP) is 3.71. The third kappa shape index (κ3) is 10.9. The lowest BCUT2D eigenvalue weighted by atomic mass is 10.5. The summed E-state index contributed by atoms with van der Waals surface area (Å²) in [6, 6.07) is 0. The van der Waals surface area contributed by atoms with Crippen molar-refractivity contribution in [3.05, 3.63) is 11.9 Å². The van der Waals surface area contributed by atoms with E-state index in [2.05, 4.69) is 6.92 Å². The van der Waals surface area contributed by atoms with Crippen molar-refractivity contribution in [3.8, 4) is 0 Å². The Morgan fingerprint density at radius 2 is 2.18 bits per heavy atom. The quantitative estimate of drug-likeness (QED) is 0.528. The van der Waals surface area contributed by atoms with Gasteiger partial charge in [0.1, 0.15) is 4.74 Å². The third-order valence-corrected chi connectivity index (χ3v) is 2.44. The Labute approximate surface area is 82.3 Å². The van der Waals surface area contributed by atoms with Gasteiger partial charge in [0.2, 0.25) is 0 Å². The van der Waals surface area contributed by atoms with Gasteiger partial charge in [-0.3, -0.25) is 0 Å². The zero-order valence-corrected chi connectivity index (χ0v) is 9.52. The number of hydrogen-bond donors (Lipinski definition) is 0. The Morgan fingerprint density at radius 3 is 2.64 bits per heavy atom. The average Bonchev–Trinajstić information content (AvgIpc) is 1.85. The maximum absolute atomic E-state index is 5.59. The van der Waals surface area contributed by atoms with Crippen molar-refractivity contribution in [2.75, 3.05) is 13.2 Å². The highest BCUT2D eigenvalue weighted by Gasteiger charge is 1.99. The summed E-state index contributed by atoms with van der Waals surface area (Å²) in [7, 11) is 0. The van der Waals surface area contributed by atoms with Gasteiger partial charge in [-0.2, -0.15) is 0 Å². The van der Waals surface area contributed by atoms with Crippen LogP contribution in [-0.4, -0.2) is 13.2 Å². The molecule has 5 heteroatoms. The highest BCUT2D eigenvalue weighted by molar-refractivity contribution is 8.40. The minimum absolute atomic E-state index is 0.547. The third-order valence-electron chi connectivity index (χ3n) is 0.841. The molecule has 1 nitrogen and oxygen atoms in total. The van der Waals surface area contributed by atoms with Gasteiger partial charge in [-0.1, -0.05) is 47.3 Å². The molecule has 0 aromatic heterocycles. The first kappa shape index (κ1) is 11.9. The molecule has 0 heterocycles. The number of rotatable bonds is 5. The second-order valence-corrected chi connectivity index (χ2v) is 9.91. The average molecular weight is 233 g/mol.